The second kappa shape index (κ2) is 6.94. The quantitative estimate of drug-likeness (QED) is 0.762. The molecule has 2 aromatic carbocycles. The molecule has 2 nitrogen and oxygen atoms in total. The normalized spacial score (nSPS) is 12.3. The van der Waals surface area contributed by atoms with E-state index in [1.165, 1.54) is 5.56 Å². The molecule has 94 valence electrons. The molecule has 0 fully saturated rings. The third kappa shape index (κ3) is 3.99. The summed E-state index contributed by atoms with van der Waals surface area (Å²) in [5.74, 6) is 0. The predicted molar refractivity (Wildman–Crippen MR) is 74.4 cm³/mol. The third-order valence-corrected chi connectivity index (χ3v) is 2.96. The van der Waals surface area contributed by atoms with E-state index in [9.17, 15) is 5.11 Å². The molecule has 0 spiro atoms. The summed E-state index contributed by atoms with van der Waals surface area (Å²) in [6, 6.07) is 20.1. The molecule has 0 radical (unpaired) electrons. The Labute approximate surface area is 108 Å². The molecular formula is C16H19NO. The summed E-state index contributed by atoms with van der Waals surface area (Å²) in [6.07, 6.45) is 0.560. The van der Waals surface area contributed by atoms with Crippen molar-refractivity contribution in [2.24, 2.45) is 0 Å². The summed E-state index contributed by atoms with van der Waals surface area (Å²) in [4.78, 5) is 0. The van der Waals surface area contributed by atoms with Crippen molar-refractivity contribution in [3.05, 3.63) is 71.8 Å². The lowest BCUT2D eigenvalue weighted by Gasteiger charge is -2.12. The van der Waals surface area contributed by atoms with Gasteiger partial charge in [0.1, 0.15) is 0 Å². The van der Waals surface area contributed by atoms with Gasteiger partial charge in [-0.15, -0.1) is 0 Å². The van der Waals surface area contributed by atoms with Gasteiger partial charge in [-0.25, -0.2) is 0 Å². The zero-order valence-electron chi connectivity index (χ0n) is 10.4. The number of rotatable bonds is 6. The van der Waals surface area contributed by atoms with Crippen molar-refractivity contribution < 1.29 is 5.11 Å². The Morgan fingerprint density at radius 2 is 1.50 bits per heavy atom. The van der Waals surface area contributed by atoms with Crippen LogP contribution in [0, 0.1) is 0 Å². The Bertz CT molecular complexity index is 441. The van der Waals surface area contributed by atoms with Crippen molar-refractivity contribution in [3.8, 4) is 0 Å². The van der Waals surface area contributed by atoms with E-state index in [0.717, 1.165) is 18.5 Å². The first kappa shape index (κ1) is 12.8. The third-order valence-electron chi connectivity index (χ3n) is 2.96. The smallest absolute Gasteiger partial charge is 0.0914 e. The Balaban J connectivity index is 1.70. The van der Waals surface area contributed by atoms with Gasteiger partial charge in [-0.3, -0.25) is 0 Å². The fraction of sp³-hybridized carbons (Fsp3) is 0.250. The Morgan fingerprint density at radius 3 is 2.17 bits per heavy atom. The van der Waals surface area contributed by atoms with Gasteiger partial charge in [-0.2, -0.15) is 0 Å². The molecule has 0 saturated heterocycles. The number of benzene rings is 2. The summed E-state index contributed by atoms with van der Waals surface area (Å²) in [7, 11) is 0. The van der Waals surface area contributed by atoms with E-state index in [-0.39, 0.29) is 0 Å². The first-order valence-corrected chi connectivity index (χ1v) is 6.34. The predicted octanol–water partition coefficient (Wildman–Crippen LogP) is 2.55. The summed E-state index contributed by atoms with van der Waals surface area (Å²) >= 11 is 0. The fourth-order valence-electron chi connectivity index (χ4n) is 1.91. The minimum absolute atomic E-state index is 0.429. The summed E-state index contributed by atoms with van der Waals surface area (Å²) in [5, 5.41) is 13.2. The molecule has 0 aliphatic rings. The second-order valence-electron chi connectivity index (χ2n) is 4.37. The maximum Gasteiger partial charge on any atom is 0.0914 e. The lowest BCUT2D eigenvalue weighted by Crippen LogP contribution is -2.23. The van der Waals surface area contributed by atoms with Gasteiger partial charge in [0.05, 0.1) is 6.10 Å². The number of aliphatic hydroxyl groups is 1. The van der Waals surface area contributed by atoms with E-state index >= 15 is 0 Å². The van der Waals surface area contributed by atoms with Gasteiger partial charge >= 0.3 is 0 Å². The van der Waals surface area contributed by atoms with Gasteiger partial charge in [-0.05, 0) is 24.1 Å². The second-order valence-corrected chi connectivity index (χ2v) is 4.37. The van der Waals surface area contributed by atoms with Crippen LogP contribution in [0.15, 0.2) is 60.7 Å². The minimum Gasteiger partial charge on any atom is -0.387 e. The molecule has 18 heavy (non-hydrogen) atoms. The fourth-order valence-corrected chi connectivity index (χ4v) is 1.91. The van der Waals surface area contributed by atoms with Crippen LogP contribution in [-0.4, -0.2) is 18.2 Å². The van der Waals surface area contributed by atoms with Gasteiger partial charge in [0, 0.05) is 6.54 Å². The molecule has 0 unspecified atom stereocenters. The van der Waals surface area contributed by atoms with Crippen LogP contribution in [0.4, 0.5) is 0 Å². The number of aliphatic hydroxyl groups excluding tert-OH is 1. The standard InChI is InChI=1S/C16H19NO/c18-16(15-9-5-2-6-10-15)13-17-12-11-14-7-3-1-4-8-14/h1-10,16-18H,11-13H2/t16-/m0/s1. The molecule has 0 aliphatic heterocycles. The monoisotopic (exact) mass is 241 g/mol. The Hall–Kier alpha value is -1.64. The van der Waals surface area contributed by atoms with E-state index in [2.05, 4.69) is 17.4 Å². The largest absolute Gasteiger partial charge is 0.387 e. The molecule has 0 saturated carbocycles. The highest BCUT2D eigenvalue weighted by molar-refractivity contribution is 5.17. The van der Waals surface area contributed by atoms with E-state index in [1.807, 2.05) is 48.5 Å². The van der Waals surface area contributed by atoms with Crippen LogP contribution in [0.3, 0.4) is 0 Å². The van der Waals surface area contributed by atoms with Crippen LogP contribution in [0.5, 0.6) is 0 Å². The number of hydrogen-bond acceptors (Lipinski definition) is 2. The topological polar surface area (TPSA) is 32.3 Å². The molecule has 0 amide bonds. The highest BCUT2D eigenvalue weighted by Gasteiger charge is 2.05. The maximum atomic E-state index is 9.96. The zero-order chi connectivity index (χ0) is 12.6. The lowest BCUT2D eigenvalue weighted by atomic mass is 10.1. The first-order valence-electron chi connectivity index (χ1n) is 6.34. The van der Waals surface area contributed by atoms with E-state index in [1.54, 1.807) is 0 Å². The van der Waals surface area contributed by atoms with Gasteiger partial charge in [0.2, 0.25) is 0 Å². The van der Waals surface area contributed by atoms with Crippen molar-refractivity contribution in [2.75, 3.05) is 13.1 Å². The van der Waals surface area contributed by atoms with E-state index < -0.39 is 6.10 Å². The van der Waals surface area contributed by atoms with Crippen molar-refractivity contribution in [1.29, 1.82) is 0 Å². The van der Waals surface area contributed by atoms with Gasteiger partial charge < -0.3 is 10.4 Å². The van der Waals surface area contributed by atoms with Crippen LogP contribution in [0.25, 0.3) is 0 Å². The summed E-state index contributed by atoms with van der Waals surface area (Å²) < 4.78 is 0. The molecule has 0 aliphatic carbocycles. The summed E-state index contributed by atoms with van der Waals surface area (Å²) in [5.41, 5.74) is 2.28. The van der Waals surface area contributed by atoms with Crippen LogP contribution >= 0.6 is 0 Å². The highest BCUT2D eigenvalue weighted by atomic mass is 16.3. The maximum absolute atomic E-state index is 9.96. The van der Waals surface area contributed by atoms with Crippen LogP contribution in [0.1, 0.15) is 17.2 Å². The lowest BCUT2D eigenvalue weighted by molar-refractivity contribution is 0.175. The van der Waals surface area contributed by atoms with Crippen LogP contribution < -0.4 is 5.32 Å². The SMILES string of the molecule is O[C@@H](CNCCc1ccccc1)c1ccccc1. The number of nitrogens with one attached hydrogen (secondary N) is 1. The molecule has 1 atom stereocenters. The molecular weight excluding hydrogens is 222 g/mol. The Kier molecular flexibility index (Phi) is 4.94. The van der Waals surface area contributed by atoms with Crippen molar-refractivity contribution in [1.82, 2.24) is 5.32 Å². The number of hydrogen-bond donors (Lipinski definition) is 2. The zero-order valence-corrected chi connectivity index (χ0v) is 10.4. The molecule has 0 heterocycles. The van der Waals surface area contributed by atoms with E-state index in [4.69, 9.17) is 0 Å². The van der Waals surface area contributed by atoms with Crippen molar-refractivity contribution >= 4 is 0 Å². The molecule has 2 aromatic rings. The van der Waals surface area contributed by atoms with Gasteiger partial charge in [0.25, 0.3) is 0 Å². The van der Waals surface area contributed by atoms with Crippen molar-refractivity contribution in [3.63, 3.8) is 0 Å². The average molecular weight is 241 g/mol. The molecule has 0 bridgehead atoms. The van der Waals surface area contributed by atoms with Gasteiger partial charge in [0.15, 0.2) is 0 Å². The molecule has 2 N–H and O–H groups in total. The molecule has 2 heteroatoms. The summed E-state index contributed by atoms with van der Waals surface area (Å²) in [6.45, 7) is 1.48. The van der Waals surface area contributed by atoms with E-state index in [0.29, 0.717) is 6.54 Å². The molecule has 2 rings (SSSR count). The van der Waals surface area contributed by atoms with Crippen molar-refractivity contribution in [2.45, 2.75) is 12.5 Å². The minimum atomic E-state index is -0.429. The molecule has 0 aromatic heterocycles. The Morgan fingerprint density at radius 1 is 0.889 bits per heavy atom. The highest BCUT2D eigenvalue weighted by Crippen LogP contribution is 2.10. The van der Waals surface area contributed by atoms with Crippen LogP contribution in [0.2, 0.25) is 0 Å². The van der Waals surface area contributed by atoms with Gasteiger partial charge in [-0.1, -0.05) is 60.7 Å². The first-order chi connectivity index (χ1) is 8.86. The average Bonchev–Trinajstić information content (AvgIpc) is 2.45. The van der Waals surface area contributed by atoms with Crippen LogP contribution in [-0.2, 0) is 6.42 Å².